The molecule has 1 atom stereocenters. The molecule has 2 N–H and O–H groups in total. The summed E-state index contributed by atoms with van der Waals surface area (Å²) in [5.41, 5.74) is 6.04. The molecule has 4 rings (SSSR count). The lowest BCUT2D eigenvalue weighted by molar-refractivity contribution is 0.273. The van der Waals surface area contributed by atoms with Crippen LogP contribution in [-0.4, -0.2) is 0 Å². The van der Waals surface area contributed by atoms with Gasteiger partial charge in [-0.25, -0.2) is 30.7 Å². The Hall–Kier alpha value is -3.85. The smallest absolute Gasteiger partial charge is 0.194 e. The van der Waals surface area contributed by atoms with Crippen molar-refractivity contribution in [1.82, 2.24) is 0 Å². The van der Waals surface area contributed by atoms with Gasteiger partial charge in [-0.1, -0.05) is 31.2 Å². The first-order valence-electron chi connectivity index (χ1n) is 11.2. The van der Waals surface area contributed by atoms with Crippen LogP contribution in [0.15, 0.2) is 60.7 Å². The molecule has 37 heavy (non-hydrogen) atoms. The van der Waals surface area contributed by atoms with Crippen molar-refractivity contribution in [3.63, 3.8) is 0 Å². The van der Waals surface area contributed by atoms with E-state index in [0.717, 1.165) is 24.3 Å². The molecule has 4 aromatic rings. The van der Waals surface area contributed by atoms with E-state index in [2.05, 4.69) is 0 Å². The normalized spacial score (nSPS) is 12.0. The van der Waals surface area contributed by atoms with E-state index in [4.69, 9.17) is 10.5 Å². The average Bonchev–Trinajstić information content (AvgIpc) is 2.86. The number of ether oxygens (including phenoxy) is 1. The Bertz CT molecular complexity index is 1430. The molecule has 0 spiro atoms. The van der Waals surface area contributed by atoms with E-state index in [9.17, 15) is 30.7 Å². The lowest BCUT2D eigenvalue weighted by Gasteiger charge is -2.14. The van der Waals surface area contributed by atoms with E-state index >= 15 is 0 Å². The van der Waals surface area contributed by atoms with Crippen molar-refractivity contribution in [1.29, 1.82) is 0 Å². The van der Waals surface area contributed by atoms with Crippen molar-refractivity contribution >= 4 is 0 Å². The van der Waals surface area contributed by atoms with Crippen molar-refractivity contribution in [3.05, 3.63) is 113 Å². The van der Waals surface area contributed by atoms with Crippen LogP contribution >= 0.6 is 0 Å². The molecule has 0 amide bonds. The average molecular weight is 519 g/mol. The van der Waals surface area contributed by atoms with E-state index in [-0.39, 0.29) is 40.0 Å². The molecule has 0 aromatic heterocycles. The van der Waals surface area contributed by atoms with Gasteiger partial charge in [0.25, 0.3) is 0 Å². The Kier molecular flexibility index (Phi) is 7.54. The lowest BCUT2D eigenvalue weighted by atomic mass is 9.98. The Labute approximate surface area is 208 Å². The van der Waals surface area contributed by atoms with Crippen LogP contribution in [-0.2, 0) is 6.61 Å². The first-order chi connectivity index (χ1) is 17.6. The number of halogens is 7. The van der Waals surface area contributed by atoms with Gasteiger partial charge in [0.1, 0.15) is 18.2 Å². The fourth-order valence-electron chi connectivity index (χ4n) is 3.83. The maximum absolute atomic E-state index is 14.8. The standard InChI is InChI=1S/C28H20F7NO/c1-2-26(36)17-11-24(33)28(25(34)12-17)37-13-14-3-5-18(20(29)7-14)15-4-6-19(21(30)8-15)16-9-22(31)27(35)23(32)10-16/h3-12,26H,2,13,36H2,1H3. The highest BCUT2D eigenvalue weighted by Gasteiger charge is 2.18. The molecular weight excluding hydrogens is 499 g/mol. The zero-order valence-electron chi connectivity index (χ0n) is 19.4. The first-order valence-corrected chi connectivity index (χ1v) is 11.2. The van der Waals surface area contributed by atoms with Crippen LogP contribution < -0.4 is 10.5 Å². The summed E-state index contributed by atoms with van der Waals surface area (Å²) >= 11 is 0. The number of rotatable bonds is 7. The van der Waals surface area contributed by atoms with Crippen molar-refractivity contribution in [2.75, 3.05) is 0 Å². The third kappa shape index (κ3) is 5.46. The van der Waals surface area contributed by atoms with Crippen LogP contribution in [0.3, 0.4) is 0 Å². The maximum Gasteiger partial charge on any atom is 0.194 e. The topological polar surface area (TPSA) is 35.2 Å². The van der Waals surface area contributed by atoms with Gasteiger partial charge in [0, 0.05) is 17.2 Å². The molecule has 1 unspecified atom stereocenters. The molecule has 0 aliphatic rings. The van der Waals surface area contributed by atoms with E-state index in [1.54, 1.807) is 6.92 Å². The van der Waals surface area contributed by atoms with Crippen LogP contribution in [0.25, 0.3) is 22.3 Å². The van der Waals surface area contributed by atoms with E-state index < -0.39 is 52.5 Å². The SMILES string of the molecule is CCC(N)c1cc(F)c(OCc2ccc(-c3ccc(-c4cc(F)c(F)c(F)c4)c(F)c3)c(F)c2)c(F)c1. The molecule has 9 heteroatoms. The van der Waals surface area contributed by atoms with Crippen molar-refractivity contribution in [2.45, 2.75) is 26.0 Å². The summed E-state index contributed by atoms with van der Waals surface area (Å²) < 4.78 is 104. The summed E-state index contributed by atoms with van der Waals surface area (Å²) in [6.45, 7) is 1.43. The second-order valence-corrected chi connectivity index (χ2v) is 8.38. The van der Waals surface area contributed by atoms with Gasteiger partial charge in [0.15, 0.2) is 34.8 Å². The predicted molar refractivity (Wildman–Crippen MR) is 125 cm³/mol. The molecule has 192 valence electrons. The summed E-state index contributed by atoms with van der Waals surface area (Å²) in [7, 11) is 0. The highest BCUT2D eigenvalue weighted by Crippen LogP contribution is 2.32. The largest absolute Gasteiger partial charge is 0.483 e. The van der Waals surface area contributed by atoms with Crippen LogP contribution in [0, 0.1) is 40.7 Å². The third-order valence-electron chi connectivity index (χ3n) is 5.88. The second kappa shape index (κ2) is 10.6. The molecule has 4 aromatic carbocycles. The summed E-state index contributed by atoms with van der Waals surface area (Å²) in [5.74, 6) is -8.78. The molecule has 0 aliphatic carbocycles. The number of hydrogen-bond donors (Lipinski definition) is 1. The van der Waals surface area contributed by atoms with Gasteiger partial charge >= 0.3 is 0 Å². The Morgan fingerprint density at radius 1 is 0.649 bits per heavy atom. The summed E-state index contributed by atoms with van der Waals surface area (Å²) in [5, 5.41) is 0. The number of hydrogen-bond acceptors (Lipinski definition) is 2. The molecule has 0 heterocycles. The van der Waals surface area contributed by atoms with Gasteiger partial charge in [-0.15, -0.1) is 0 Å². The van der Waals surface area contributed by atoms with Crippen LogP contribution in [0.2, 0.25) is 0 Å². The van der Waals surface area contributed by atoms with E-state index in [1.807, 2.05) is 0 Å². The molecule has 0 aliphatic heterocycles. The van der Waals surface area contributed by atoms with Gasteiger partial charge in [-0.05, 0) is 65.1 Å². The van der Waals surface area contributed by atoms with Crippen molar-refractivity contribution < 1.29 is 35.5 Å². The predicted octanol–water partition coefficient (Wildman–Crippen LogP) is 7.98. The molecule has 2 nitrogen and oxygen atoms in total. The quantitative estimate of drug-likeness (QED) is 0.198. The second-order valence-electron chi connectivity index (χ2n) is 8.38. The van der Waals surface area contributed by atoms with Gasteiger partial charge < -0.3 is 10.5 Å². The summed E-state index contributed by atoms with van der Waals surface area (Å²) in [6.07, 6.45) is 0.487. The zero-order valence-corrected chi connectivity index (χ0v) is 19.4. The van der Waals surface area contributed by atoms with Crippen LogP contribution in [0.4, 0.5) is 30.7 Å². The molecule has 0 bridgehead atoms. The molecule has 0 radical (unpaired) electrons. The summed E-state index contributed by atoms with van der Waals surface area (Å²) in [4.78, 5) is 0. The third-order valence-corrected chi connectivity index (χ3v) is 5.88. The number of benzene rings is 4. The van der Waals surface area contributed by atoms with Crippen LogP contribution in [0.1, 0.15) is 30.5 Å². The minimum absolute atomic E-state index is 0.000865. The van der Waals surface area contributed by atoms with Gasteiger partial charge in [-0.3, -0.25) is 0 Å². The van der Waals surface area contributed by atoms with Crippen molar-refractivity contribution in [3.8, 4) is 28.0 Å². The van der Waals surface area contributed by atoms with Gasteiger partial charge in [0.05, 0.1) is 0 Å². The Morgan fingerprint density at radius 3 is 1.76 bits per heavy atom. The van der Waals surface area contributed by atoms with E-state index in [1.165, 1.54) is 24.3 Å². The molecular formula is C28H20F7NO. The zero-order chi connectivity index (χ0) is 26.9. The van der Waals surface area contributed by atoms with E-state index in [0.29, 0.717) is 18.6 Å². The molecule has 0 saturated heterocycles. The minimum Gasteiger partial charge on any atom is -0.483 e. The Morgan fingerprint density at radius 2 is 1.19 bits per heavy atom. The monoisotopic (exact) mass is 519 g/mol. The van der Waals surface area contributed by atoms with Gasteiger partial charge in [0.2, 0.25) is 0 Å². The summed E-state index contributed by atoms with van der Waals surface area (Å²) in [6, 6.07) is 10.3. The fourth-order valence-corrected chi connectivity index (χ4v) is 3.83. The fraction of sp³-hybridized carbons (Fsp3) is 0.143. The van der Waals surface area contributed by atoms with Crippen LogP contribution in [0.5, 0.6) is 5.75 Å². The Balaban J connectivity index is 1.54. The maximum atomic E-state index is 14.8. The van der Waals surface area contributed by atoms with Gasteiger partial charge in [-0.2, -0.15) is 0 Å². The molecule has 0 fully saturated rings. The minimum atomic E-state index is -1.67. The highest BCUT2D eigenvalue weighted by atomic mass is 19.2. The molecule has 0 saturated carbocycles. The lowest BCUT2D eigenvalue weighted by Crippen LogP contribution is -2.10. The highest BCUT2D eigenvalue weighted by molar-refractivity contribution is 5.71. The first kappa shape index (κ1) is 26.2. The number of nitrogens with two attached hydrogens (primary N) is 1. The van der Waals surface area contributed by atoms with Crippen molar-refractivity contribution in [2.24, 2.45) is 5.73 Å².